The highest BCUT2D eigenvalue weighted by atomic mass is 35.5. The van der Waals surface area contributed by atoms with Crippen LogP contribution in [0.15, 0.2) is 36.4 Å². The Bertz CT molecular complexity index is 560. The van der Waals surface area contributed by atoms with Gasteiger partial charge >= 0.3 is 0 Å². The number of hydrogen-bond acceptors (Lipinski definition) is 4. The molecule has 2 rings (SSSR count). The number of hydrogen-bond donors (Lipinski definition) is 2. The highest BCUT2D eigenvalue weighted by molar-refractivity contribution is 7.97. The molecule has 0 aliphatic heterocycles. The summed E-state index contributed by atoms with van der Waals surface area (Å²) in [6.07, 6.45) is 0. The van der Waals surface area contributed by atoms with Crippen molar-refractivity contribution in [3.63, 3.8) is 0 Å². The molecule has 0 radical (unpaired) electrons. The first-order chi connectivity index (χ1) is 9.19. The number of rotatable bonds is 5. The summed E-state index contributed by atoms with van der Waals surface area (Å²) in [6, 6.07) is 12.1. The minimum Gasteiger partial charge on any atom is -0.308 e. The van der Waals surface area contributed by atoms with Crippen LogP contribution >= 0.6 is 23.4 Å². The molecule has 5 heteroatoms. The van der Waals surface area contributed by atoms with E-state index in [0.29, 0.717) is 10.8 Å². The van der Waals surface area contributed by atoms with Crippen LogP contribution in [0.1, 0.15) is 16.8 Å². The molecule has 1 aromatic carbocycles. The number of nitrogen functional groups attached to an aromatic ring is 1. The molecule has 1 heterocycles. The summed E-state index contributed by atoms with van der Waals surface area (Å²) in [6.45, 7) is 2.10. The van der Waals surface area contributed by atoms with Gasteiger partial charge in [-0.15, -0.1) is 0 Å². The van der Waals surface area contributed by atoms with Crippen LogP contribution in [0.25, 0.3) is 0 Å². The Morgan fingerprint density at radius 2 is 2.11 bits per heavy atom. The maximum Gasteiger partial charge on any atom is 0.140 e. The first-order valence-electron chi connectivity index (χ1n) is 5.94. The molecular weight excluding hydrogens is 278 g/mol. The number of aromatic nitrogens is 1. The lowest BCUT2D eigenvalue weighted by Gasteiger charge is -2.06. The first kappa shape index (κ1) is 14.2. The monoisotopic (exact) mass is 293 g/mol. The molecule has 0 amide bonds. The van der Waals surface area contributed by atoms with Crippen molar-refractivity contribution in [1.29, 1.82) is 0 Å². The second-order valence-corrected chi connectivity index (χ2v) is 5.64. The highest BCUT2D eigenvalue weighted by Gasteiger charge is 2.04. The van der Waals surface area contributed by atoms with Crippen LogP contribution in [-0.2, 0) is 11.5 Å². The molecule has 0 fully saturated rings. The van der Waals surface area contributed by atoms with Crippen LogP contribution in [-0.4, -0.2) is 4.98 Å². The third-order valence-corrected chi connectivity index (χ3v) is 4.02. The van der Waals surface area contributed by atoms with Crippen LogP contribution in [0.4, 0.5) is 5.82 Å². The molecule has 0 saturated heterocycles. The van der Waals surface area contributed by atoms with Crippen LogP contribution in [0.5, 0.6) is 0 Å². The van der Waals surface area contributed by atoms with Crippen molar-refractivity contribution in [1.82, 2.24) is 4.98 Å². The lowest BCUT2D eigenvalue weighted by atomic mass is 10.2. The molecule has 19 heavy (non-hydrogen) atoms. The molecule has 0 aliphatic carbocycles. The zero-order chi connectivity index (χ0) is 13.7. The van der Waals surface area contributed by atoms with Gasteiger partial charge in [0.1, 0.15) is 5.82 Å². The first-order valence-corrected chi connectivity index (χ1v) is 7.47. The van der Waals surface area contributed by atoms with Gasteiger partial charge in [0.25, 0.3) is 0 Å². The van der Waals surface area contributed by atoms with E-state index in [9.17, 15) is 0 Å². The van der Waals surface area contributed by atoms with Gasteiger partial charge in [-0.1, -0.05) is 41.4 Å². The van der Waals surface area contributed by atoms with E-state index in [1.807, 2.05) is 6.07 Å². The minimum absolute atomic E-state index is 0.635. The molecule has 3 N–H and O–H groups in total. The summed E-state index contributed by atoms with van der Waals surface area (Å²) in [4.78, 5) is 4.35. The summed E-state index contributed by atoms with van der Waals surface area (Å²) in [5.41, 5.74) is 5.98. The van der Waals surface area contributed by atoms with E-state index in [1.165, 1.54) is 11.1 Å². The summed E-state index contributed by atoms with van der Waals surface area (Å²) in [5, 5.41) is 0.677. The number of pyridine rings is 1. The number of aryl methyl sites for hydroxylation is 1. The highest BCUT2D eigenvalue weighted by Crippen LogP contribution is 2.23. The molecule has 0 unspecified atom stereocenters. The Kier molecular flexibility index (Phi) is 5.07. The largest absolute Gasteiger partial charge is 0.308 e. The van der Waals surface area contributed by atoms with Gasteiger partial charge in [-0.25, -0.2) is 10.8 Å². The normalized spacial score (nSPS) is 10.5. The molecule has 0 bridgehead atoms. The van der Waals surface area contributed by atoms with Crippen LogP contribution in [0, 0.1) is 6.92 Å². The van der Waals surface area contributed by atoms with Gasteiger partial charge in [0.05, 0.1) is 10.7 Å². The number of halogens is 1. The molecule has 0 aliphatic rings. The Morgan fingerprint density at radius 1 is 1.26 bits per heavy atom. The quantitative estimate of drug-likeness (QED) is 0.651. The smallest absolute Gasteiger partial charge is 0.140 e. The number of nitrogens with two attached hydrogens (primary N) is 1. The fraction of sp³-hybridized carbons (Fsp3) is 0.214. The third kappa shape index (κ3) is 4.13. The van der Waals surface area contributed by atoms with E-state index < -0.39 is 0 Å². The third-order valence-electron chi connectivity index (χ3n) is 2.66. The maximum absolute atomic E-state index is 6.12. The van der Waals surface area contributed by atoms with Gasteiger partial charge in [0.2, 0.25) is 0 Å². The van der Waals surface area contributed by atoms with Crippen molar-refractivity contribution in [3.05, 3.63) is 58.2 Å². The summed E-state index contributed by atoms with van der Waals surface area (Å²) < 4.78 is 0. The van der Waals surface area contributed by atoms with Gasteiger partial charge in [-0.05, 0) is 24.6 Å². The lowest BCUT2D eigenvalue weighted by Crippen LogP contribution is -2.09. The predicted molar refractivity (Wildman–Crippen MR) is 83.2 cm³/mol. The second-order valence-electron chi connectivity index (χ2n) is 4.25. The summed E-state index contributed by atoms with van der Waals surface area (Å²) in [7, 11) is 0. The van der Waals surface area contributed by atoms with Crippen molar-refractivity contribution in [2.75, 3.05) is 5.43 Å². The Hall–Kier alpha value is -1.23. The molecule has 2 aromatic rings. The Labute approximate surface area is 122 Å². The topological polar surface area (TPSA) is 50.9 Å². The van der Waals surface area contributed by atoms with Crippen LogP contribution in [0.3, 0.4) is 0 Å². The molecule has 0 atom stereocenters. The molecule has 0 spiro atoms. The standard InChI is InChI=1S/C14H16ClN3S/c1-10-3-2-4-11(7-10)8-19-9-13-12(15)5-6-14(17-13)18-16/h2-7H,8-9,16H2,1H3,(H,17,18). The SMILES string of the molecule is Cc1cccc(CSCc2nc(NN)ccc2Cl)c1. The van der Waals surface area contributed by atoms with Crippen LogP contribution in [0.2, 0.25) is 5.02 Å². The number of nitrogens with zero attached hydrogens (tertiary/aromatic N) is 1. The van der Waals surface area contributed by atoms with Gasteiger partial charge in [-0.3, -0.25) is 0 Å². The van der Waals surface area contributed by atoms with Crippen molar-refractivity contribution in [2.24, 2.45) is 5.84 Å². The number of benzene rings is 1. The van der Waals surface area contributed by atoms with E-state index >= 15 is 0 Å². The zero-order valence-corrected chi connectivity index (χ0v) is 12.3. The van der Waals surface area contributed by atoms with Crippen molar-refractivity contribution in [2.45, 2.75) is 18.4 Å². The average Bonchev–Trinajstić information content (AvgIpc) is 2.41. The molecule has 0 saturated carbocycles. The lowest BCUT2D eigenvalue weighted by molar-refractivity contribution is 1.14. The number of hydrazine groups is 1. The number of anilines is 1. The Morgan fingerprint density at radius 3 is 2.84 bits per heavy atom. The molecule has 3 nitrogen and oxygen atoms in total. The zero-order valence-electron chi connectivity index (χ0n) is 10.7. The predicted octanol–water partition coefficient (Wildman–Crippen LogP) is 3.76. The second kappa shape index (κ2) is 6.80. The van der Waals surface area contributed by atoms with Gasteiger partial charge in [0.15, 0.2) is 0 Å². The van der Waals surface area contributed by atoms with Crippen molar-refractivity contribution >= 4 is 29.2 Å². The van der Waals surface area contributed by atoms with Gasteiger partial charge in [0, 0.05) is 11.5 Å². The Balaban J connectivity index is 1.95. The molecule has 1 aromatic heterocycles. The van der Waals surface area contributed by atoms with Gasteiger partial charge in [-0.2, -0.15) is 11.8 Å². The van der Waals surface area contributed by atoms with Crippen molar-refractivity contribution < 1.29 is 0 Å². The van der Waals surface area contributed by atoms with E-state index in [0.717, 1.165) is 17.2 Å². The molecule has 100 valence electrons. The average molecular weight is 294 g/mol. The fourth-order valence-corrected chi connectivity index (χ4v) is 2.92. The minimum atomic E-state index is 0.635. The van der Waals surface area contributed by atoms with Gasteiger partial charge < -0.3 is 5.43 Å². The van der Waals surface area contributed by atoms with Crippen molar-refractivity contribution in [3.8, 4) is 0 Å². The summed E-state index contributed by atoms with van der Waals surface area (Å²) in [5.74, 6) is 7.69. The van der Waals surface area contributed by atoms with Crippen LogP contribution < -0.4 is 11.3 Å². The number of nitrogens with one attached hydrogen (secondary N) is 1. The fourth-order valence-electron chi connectivity index (χ4n) is 1.73. The van der Waals surface area contributed by atoms with E-state index in [1.54, 1.807) is 17.8 Å². The molecular formula is C14H16ClN3S. The number of thioether (sulfide) groups is 1. The van der Waals surface area contributed by atoms with E-state index in [-0.39, 0.29) is 0 Å². The maximum atomic E-state index is 6.12. The van der Waals surface area contributed by atoms with E-state index in [4.69, 9.17) is 17.4 Å². The van der Waals surface area contributed by atoms with E-state index in [2.05, 4.69) is 41.6 Å². The summed E-state index contributed by atoms with van der Waals surface area (Å²) >= 11 is 7.90.